The van der Waals surface area contributed by atoms with Crippen LogP contribution < -0.4 is 22.2 Å². The maximum atomic E-state index is 12.0. The molecule has 4 aliphatic carbocycles. The zero-order valence-corrected chi connectivity index (χ0v) is 35.5. The molecular weight excluding hydrogens is 824 g/mol. The van der Waals surface area contributed by atoms with E-state index >= 15 is 0 Å². The van der Waals surface area contributed by atoms with Gasteiger partial charge in [0.05, 0.1) is 22.2 Å². The Labute approximate surface area is 364 Å². The minimum absolute atomic E-state index is 0.0981. The fourth-order valence-electron chi connectivity index (χ4n) is 10.1. The number of H-pyrrole nitrogens is 2. The zero-order chi connectivity index (χ0) is 41.6. The lowest BCUT2D eigenvalue weighted by molar-refractivity contribution is -0.00922. The summed E-state index contributed by atoms with van der Waals surface area (Å²) < 4.78 is 0.480. The van der Waals surface area contributed by atoms with Crippen LogP contribution in [0.1, 0.15) is 74.6 Å². The minimum Gasteiger partial charge on any atom is -0.357 e. The first kappa shape index (κ1) is 39.5. The smallest absolute Gasteiger partial charge is 0.272 e. The molecule has 308 valence electrons. The Balaban J connectivity index is 0.000000122. The number of rotatable bonds is 6. The monoisotopic (exact) mass is 866 g/mol. The van der Waals surface area contributed by atoms with Crippen molar-refractivity contribution in [3.05, 3.63) is 146 Å². The van der Waals surface area contributed by atoms with Crippen LogP contribution in [0.15, 0.2) is 119 Å². The van der Waals surface area contributed by atoms with Crippen LogP contribution >= 0.6 is 34.3 Å². The Morgan fingerprint density at radius 3 is 1.48 bits per heavy atom. The van der Waals surface area contributed by atoms with E-state index in [4.69, 9.17) is 17.3 Å². The lowest BCUT2D eigenvalue weighted by Crippen LogP contribution is -2.52. The Hall–Kier alpha value is -5.67. The van der Waals surface area contributed by atoms with Crippen molar-refractivity contribution in [3.63, 3.8) is 0 Å². The maximum absolute atomic E-state index is 12.0. The fourth-order valence-corrected chi connectivity index (χ4v) is 11.8. The molecule has 5 N–H and O–H groups in total. The predicted octanol–water partition coefficient (Wildman–Crippen LogP) is 9.35. The first-order chi connectivity index (χ1) is 29.7. The van der Waals surface area contributed by atoms with Crippen molar-refractivity contribution < 1.29 is 0 Å². The van der Waals surface area contributed by atoms with Crippen LogP contribution in [0.5, 0.6) is 0 Å². The van der Waals surface area contributed by atoms with Gasteiger partial charge in [-0.2, -0.15) is 10.2 Å². The number of fused-ring (bicyclic) bond motifs is 2. The number of nitrogens with two attached hydrogens (primary N) is 1. The molecule has 4 fully saturated rings. The highest BCUT2D eigenvalue weighted by Crippen LogP contribution is 2.63. The summed E-state index contributed by atoms with van der Waals surface area (Å²) in [5.41, 5.74) is 10.9. The summed E-state index contributed by atoms with van der Waals surface area (Å²) in [7, 11) is 0. The molecule has 4 saturated carbocycles. The first-order valence-electron chi connectivity index (χ1n) is 20.6. The summed E-state index contributed by atoms with van der Waals surface area (Å²) in [5.74, 6) is 0.910. The molecule has 12 rings (SSSR count). The Morgan fingerprint density at radius 1 is 0.557 bits per heavy atom. The molecule has 4 aromatic heterocycles. The topological polar surface area (TPSA) is 181 Å². The molecule has 0 unspecified atom stereocenters. The quantitative estimate of drug-likeness (QED) is 0.126. The molecule has 0 saturated heterocycles. The van der Waals surface area contributed by atoms with Crippen molar-refractivity contribution in [3.8, 4) is 21.1 Å². The average molecular weight is 868 g/mol. The Kier molecular flexibility index (Phi) is 10.6. The van der Waals surface area contributed by atoms with E-state index in [0.29, 0.717) is 39.2 Å². The lowest BCUT2D eigenvalue weighted by Gasteiger charge is -2.57. The summed E-state index contributed by atoms with van der Waals surface area (Å²) in [4.78, 5) is 23.8. The van der Waals surface area contributed by atoms with Gasteiger partial charge in [0.15, 0.2) is 0 Å². The highest BCUT2D eigenvalue weighted by molar-refractivity contribution is 7.18. The zero-order valence-electron chi connectivity index (χ0n) is 33.1. The van der Waals surface area contributed by atoms with Gasteiger partial charge in [-0.1, -0.05) is 120 Å². The largest absolute Gasteiger partial charge is 0.357 e. The SMILES string of the molecule is Clc1nnc(-c2ccccc2)s1.NC1CC2(C1)CC(c1n[nH]c(=O)c3ccccc13)C2.O=c1[nH]nc(C2CC3(CC(Nc4nnc(-c5ccccc5)s4)C3)C2)c2ccccc12. The first-order valence-corrected chi connectivity index (χ1v) is 22.6. The van der Waals surface area contributed by atoms with Crippen molar-refractivity contribution in [1.29, 1.82) is 0 Å². The van der Waals surface area contributed by atoms with Crippen LogP contribution in [-0.2, 0) is 0 Å². The van der Waals surface area contributed by atoms with Crippen LogP contribution in [0.25, 0.3) is 42.7 Å². The van der Waals surface area contributed by atoms with Crippen LogP contribution in [0.3, 0.4) is 0 Å². The molecule has 4 aliphatic rings. The standard InChI is InChI=1S/C23H21N5OS.C15H17N3O.C8H5ClN2S/c29-20-18-9-5-4-8-17(18)19(25-26-20)15-10-23(11-15)12-16(13-23)24-22-28-27-21(30-22)14-6-2-1-3-7-14;16-10-7-15(8-10)5-9(6-15)13-11-3-1-2-4-12(11)14(19)18-17-13;9-8-11-10-7(12-8)6-4-2-1-3-5-6/h1-9,15-16H,10-13H2,(H,24,28)(H,26,29);1-4,9-10H,5-8,16H2,(H,18,19);1-5H. The highest BCUT2D eigenvalue weighted by atomic mass is 35.5. The van der Waals surface area contributed by atoms with E-state index < -0.39 is 0 Å². The van der Waals surface area contributed by atoms with Crippen LogP contribution in [-0.4, -0.2) is 52.9 Å². The van der Waals surface area contributed by atoms with Crippen molar-refractivity contribution in [2.24, 2.45) is 16.6 Å². The van der Waals surface area contributed by atoms with Crippen LogP contribution in [0.4, 0.5) is 5.13 Å². The number of nitrogens with zero attached hydrogens (tertiary/aromatic N) is 6. The molecule has 0 bridgehead atoms. The van der Waals surface area contributed by atoms with Crippen molar-refractivity contribution in [2.45, 2.75) is 75.3 Å². The summed E-state index contributed by atoms with van der Waals surface area (Å²) in [6.07, 6.45) is 9.25. The van der Waals surface area contributed by atoms with Crippen LogP contribution in [0, 0.1) is 10.8 Å². The third-order valence-electron chi connectivity index (χ3n) is 12.9. The summed E-state index contributed by atoms with van der Waals surface area (Å²) in [6, 6.07) is 36.4. The third-order valence-corrected chi connectivity index (χ3v) is 14.9. The third kappa shape index (κ3) is 8.00. The van der Waals surface area contributed by atoms with Gasteiger partial charge in [0, 0.05) is 45.8 Å². The molecule has 12 nitrogen and oxygen atoms in total. The molecule has 15 heteroatoms. The van der Waals surface area contributed by atoms with Gasteiger partial charge in [-0.3, -0.25) is 9.59 Å². The Morgan fingerprint density at radius 2 is 1.00 bits per heavy atom. The number of anilines is 1. The van der Waals surface area contributed by atoms with Crippen molar-refractivity contribution >= 4 is 61.0 Å². The predicted molar refractivity (Wildman–Crippen MR) is 243 cm³/mol. The summed E-state index contributed by atoms with van der Waals surface area (Å²) in [5, 5.41) is 40.1. The van der Waals surface area contributed by atoms with Gasteiger partial charge in [0.1, 0.15) is 10.0 Å². The number of halogens is 1. The van der Waals surface area contributed by atoms with Crippen LogP contribution in [0.2, 0.25) is 4.47 Å². The van der Waals surface area contributed by atoms with E-state index in [2.05, 4.69) is 58.2 Å². The second kappa shape index (κ2) is 16.3. The normalized spacial score (nSPS) is 24.6. The summed E-state index contributed by atoms with van der Waals surface area (Å²) >= 11 is 8.65. The lowest BCUT2D eigenvalue weighted by atomic mass is 9.49. The number of nitrogens with one attached hydrogen (secondary N) is 3. The fraction of sp³-hybridized carbons (Fsp3) is 0.304. The highest BCUT2D eigenvalue weighted by Gasteiger charge is 2.54. The van der Waals surface area contributed by atoms with Crippen molar-refractivity contribution in [1.82, 2.24) is 40.8 Å². The van der Waals surface area contributed by atoms with E-state index in [-0.39, 0.29) is 11.1 Å². The van der Waals surface area contributed by atoms with Gasteiger partial charge in [0.25, 0.3) is 11.1 Å². The molecule has 0 radical (unpaired) electrons. The molecule has 2 spiro atoms. The Bertz CT molecular complexity index is 2930. The number of aromatic nitrogens is 8. The number of hydrogen-bond acceptors (Lipinski definition) is 12. The van der Waals surface area contributed by atoms with Gasteiger partial charge in [0.2, 0.25) is 9.60 Å². The number of hydrogen-bond donors (Lipinski definition) is 4. The van der Waals surface area contributed by atoms with Crippen molar-refractivity contribution in [2.75, 3.05) is 5.32 Å². The van der Waals surface area contributed by atoms with E-state index in [1.54, 1.807) is 11.3 Å². The van der Waals surface area contributed by atoms with Gasteiger partial charge in [-0.15, -0.1) is 20.4 Å². The summed E-state index contributed by atoms with van der Waals surface area (Å²) in [6.45, 7) is 0. The average Bonchev–Trinajstić information content (AvgIpc) is 3.91. The molecule has 0 atom stereocenters. The minimum atomic E-state index is -0.108. The second-order valence-corrected chi connectivity index (χ2v) is 19.6. The van der Waals surface area contributed by atoms with Gasteiger partial charge >= 0.3 is 0 Å². The van der Waals surface area contributed by atoms with E-state index in [0.717, 1.165) is 97.7 Å². The van der Waals surface area contributed by atoms with E-state index in [9.17, 15) is 9.59 Å². The molecule has 0 aliphatic heterocycles. The molecule has 0 amide bonds. The van der Waals surface area contributed by atoms with Gasteiger partial charge < -0.3 is 11.1 Å². The molecule has 4 heterocycles. The number of aromatic amines is 2. The molecule has 4 aromatic carbocycles. The molecular formula is C46H43ClN10O2S2. The van der Waals surface area contributed by atoms with Gasteiger partial charge in [-0.25, -0.2) is 10.2 Å². The van der Waals surface area contributed by atoms with E-state index in [1.807, 2.05) is 97.1 Å². The molecule has 61 heavy (non-hydrogen) atoms. The second-order valence-electron chi connectivity index (χ2n) is 17.1. The maximum Gasteiger partial charge on any atom is 0.272 e. The van der Waals surface area contributed by atoms with Gasteiger partial charge in [-0.05, 0) is 85.9 Å². The molecule has 8 aromatic rings. The van der Waals surface area contributed by atoms with E-state index in [1.165, 1.54) is 24.2 Å². The number of benzene rings is 4.